The molecule has 5 nitrogen and oxygen atoms in total. The lowest BCUT2D eigenvalue weighted by atomic mass is 10.1. The molecule has 0 aliphatic heterocycles. The third-order valence-electron chi connectivity index (χ3n) is 3.72. The van der Waals surface area contributed by atoms with Crippen LogP contribution in [0.25, 0.3) is 11.1 Å². The largest absolute Gasteiger partial charge is 0.326 e. The van der Waals surface area contributed by atoms with Crippen LogP contribution in [0.15, 0.2) is 53.4 Å². The van der Waals surface area contributed by atoms with Crippen molar-refractivity contribution < 1.29 is 13.2 Å². The highest BCUT2D eigenvalue weighted by Crippen LogP contribution is 2.23. The van der Waals surface area contributed by atoms with Crippen molar-refractivity contribution in [3.05, 3.63) is 48.5 Å². The minimum absolute atomic E-state index is 0.118. The van der Waals surface area contributed by atoms with E-state index >= 15 is 0 Å². The number of nitrogens with one attached hydrogen (secondary N) is 2. The van der Waals surface area contributed by atoms with Crippen LogP contribution in [0.3, 0.4) is 0 Å². The molecule has 2 rings (SSSR count). The number of anilines is 1. The van der Waals surface area contributed by atoms with Gasteiger partial charge < -0.3 is 5.32 Å². The van der Waals surface area contributed by atoms with Crippen molar-refractivity contribution >= 4 is 21.6 Å². The maximum atomic E-state index is 12.3. The minimum atomic E-state index is -3.47. The van der Waals surface area contributed by atoms with E-state index in [9.17, 15) is 13.2 Å². The fourth-order valence-corrected chi connectivity index (χ4v) is 3.39. The van der Waals surface area contributed by atoms with Crippen LogP contribution < -0.4 is 10.0 Å². The number of carbonyl (C=O) groups excluding carboxylic acids is 1. The molecule has 0 spiro atoms. The van der Waals surface area contributed by atoms with E-state index < -0.39 is 10.0 Å². The van der Waals surface area contributed by atoms with Crippen LogP contribution in [0.2, 0.25) is 0 Å². The van der Waals surface area contributed by atoms with Gasteiger partial charge in [0.2, 0.25) is 15.9 Å². The van der Waals surface area contributed by atoms with Crippen molar-refractivity contribution in [2.24, 2.45) is 5.92 Å². The molecule has 0 radical (unpaired) electrons. The van der Waals surface area contributed by atoms with E-state index in [4.69, 9.17) is 0 Å². The first-order valence-corrected chi connectivity index (χ1v) is 9.74. The van der Waals surface area contributed by atoms with Gasteiger partial charge in [-0.3, -0.25) is 4.79 Å². The third-order valence-corrected chi connectivity index (χ3v) is 5.19. The SMILES string of the molecule is CC(=O)Nc1ccc(-c2ccc(S(=O)(=O)NCCC(C)C)cc2)cc1. The zero-order chi connectivity index (χ0) is 18.4. The summed E-state index contributed by atoms with van der Waals surface area (Å²) in [6.45, 7) is 6.01. The molecule has 0 aliphatic rings. The Bertz CT molecular complexity index is 811. The predicted octanol–water partition coefficient (Wildman–Crippen LogP) is 3.64. The molecule has 0 aromatic heterocycles. The van der Waals surface area contributed by atoms with Gasteiger partial charge in [-0.1, -0.05) is 38.1 Å². The molecule has 0 saturated carbocycles. The maximum absolute atomic E-state index is 12.3. The Morgan fingerprint density at radius 1 is 0.960 bits per heavy atom. The van der Waals surface area contributed by atoms with E-state index in [0.717, 1.165) is 23.2 Å². The van der Waals surface area contributed by atoms with Gasteiger partial charge in [0.05, 0.1) is 4.90 Å². The first-order valence-electron chi connectivity index (χ1n) is 8.25. The molecule has 2 aromatic rings. The van der Waals surface area contributed by atoms with E-state index in [1.165, 1.54) is 6.92 Å². The number of hydrogen-bond donors (Lipinski definition) is 2. The normalized spacial score (nSPS) is 11.5. The lowest BCUT2D eigenvalue weighted by Gasteiger charge is -2.09. The van der Waals surface area contributed by atoms with Crippen molar-refractivity contribution in [2.75, 3.05) is 11.9 Å². The fraction of sp³-hybridized carbons (Fsp3) is 0.316. The summed E-state index contributed by atoms with van der Waals surface area (Å²) in [4.78, 5) is 11.3. The second kappa shape index (κ2) is 8.27. The molecular weight excluding hydrogens is 336 g/mol. The minimum Gasteiger partial charge on any atom is -0.326 e. The predicted molar refractivity (Wildman–Crippen MR) is 101 cm³/mol. The van der Waals surface area contributed by atoms with Crippen molar-refractivity contribution in [1.82, 2.24) is 4.72 Å². The number of amides is 1. The van der Waals surface area contributed by atoms with Gasteiger partial charge in [-0.25, -0.2) is 13.1 Å². The Hall–Kier alpha value is -2.18. The smallest absolute Gasteiger partial charge is 0.240 e. The third kappa shape index (κ3) is 5.69. The number of rotatable bonds is 7. The van der Waals surface area contributed by atoms with Gasteiger partial charge in [0, 0.05) is 19.2 Å². The van der Waals surface area contributed by atoms with Gasteiger partial charge in [0.15, 0.2) is 0 Å². The topological polar surface area (TPSA) is 75.3 Å². The Balaban J connectivity index is 2.10. The molecule has 0 bridgehead atoms. The summed E-state index contributed by atoms with van der Waals surface area (Å²) in [6.07, 6.45) is 0.804. The quantitative estimate of drug-likeness (QED) is 0.791. The molecule has 0 unspecified atom stereocenters. The summed E-state index contributed by atoms with van der Waals surface area (Å²) < 4.78 is 27.1. The summed E-state index contributed by atoms with van der Waals surface area (Å²) in [5.74, 6) is 0.331. The molecule has 0 saturated heterocycles. The van der Waals surface area contributed by atoms with Crippen LogP contribution in [0.5, 0.6) is 0 Å². The molecule has 0 atom stereocenters. The summed E-state index contributed by atoms with van der Waals surface area (Å²) >= 11 is 0. The highest BCUT2D eigenvalue weighted by Gasteiger charge is 2.13. The van der Waals surface area contributed by atoms with Crippen LogP contribution in [-0.2, 0) is 14.8 Å². The molecule has 2 N–H and O–H groups in total. The standard InChI is InChI=1S/C19H24N2O3S/c1-14(2)12-13-20-25(23,24)19-10-6-17(7-11-19)16-4-8-18(9-5-16)21-15(3)22/h4-11,14,20H,12-13H2,1-3H3,(H,21,22). The Morgan fingerprint density at radius 2 is 1.48 bits per heavy atom. The van der Waals surface area contributed by atoms with Crippen LogP contribution in [0, 0.1) is 5.92 Å². The number of benzene rings is 2. The maximum Gasteiger partial charge on any atom is 0.240 e. The van der Waals surface area contributed by atoms with Gasteiger partial charge in [-0.05, 0) is 47.7 Å². The lowest BCUT2D eigenvalue weighted by Crippen LogP contribution is -2.25. The van der Waals surface area contributed by atoms with Crippen molar-refractivity contribution in [3.8, 4) is 11.1 Å². The van der Waals surface area contributed by atoms with Crippen LogP contribution in [0.1, 0.15) is 27.2 Å². The van der Waals surface area contributed by atoms with Gasteiger partial charge in [-0.15, -0.1) is 0 Å². The van der Waals surface area contributed by atoms with Crippen LogP contribution >= 0.6 is 0 Å². The van der Waals surface area contributed by atoms with E-state index in [-0.39, 0.29) is 10.8 Å². The number of sulfonamides is 1. The van der Waals surface area contributed by atoms with Crippen molar-refractivity contribution in [3.63, 3.8) is 0 Å². The zero-order valence-electron chi connectivity index (χ0n) is 14.7. The molecule has 0 heterocycles. The van der Waals surface area contributed by atoms with Gasteiger partial charge in [0.25, 0.3) is 0 Å². The van der Waals surface area contributed by atoms with Gasteiger partial charge >= 0.3 is 0 Å². The fourth-order valence-electron chi connectivity index (χ4n) is 2.34. The molecule has 6 heteroatoms. The highest BCUT2D eigenvalue weighted by molar-refractivity contribution is 7.89. The molecule has 25 heavy (non-hydrogen) atoms. The zero-order valence-corrected chi connectivity index (χ0v) is 15.6. The first-order chi connectivity index (χ1) is 11.8. The van der Waals surface area contributed by atoms with E-state index in [0.29, 0.717) is 12.5 Å². The Labute approximate surface area is 149 Å². The Morgan fingerprint density at radius 3 is 1.96 bits per heavy atom. The van der Waals surface area contributed by atoms with Crippen molar-refractivity contribution in [1.29, 1.82) is 0 Å². The summed E-state index contributed by atoms with van der Waals surface area (Å²) in [7, 11) is -3.47. The average molecular weight is 360 g/mol. The van der Waals surface area contributed by atoms with E-state index in [2.05, 4.69) is 23.9 Å². The Kier molecular flexibility index (Phi) is 6.33. The molecule has 0 aliphatic carbocycles. The summed E-state index contributed by atoms with van der Waals surface area (Å²) in [6, 6.07) is 14.2. The van der Waals surface area contributed by atoms with Crippen molar-refractivity contribution in [2.45, 2.75) is 32.1 Å². The first kappa shape index (κ1) is 19.1. The second-order valence-electron chi connectivity index (χ2n) is 6.36. The van der Waals surface area contributed by atoms with Crippen LogP contribution in [-0.4, -0.2) is 20.9 Å². The lowest BCUT2D eigenvalue weighted by molar-refractivity contribution is -0.114. The summed E-state index contributed by atoms with van der Waals surface area (Å²) in [5, 5.41) is 2.71. The molecule has 134 valence electrons. The monoisotopic (exact) mass is 360 g/mol. The molecule has 2 aromatic carbocycles. The van der Waals surface area contributed by atoms with E-state index in [1.807, 2.05) is 24.3 Å². The number of carbonyl (C=O) groups is 1. The average Bonchev–Trinajstić information content (AvgIpc) is 2.54. The van der Waals surface area contributed by atoms with Gasteiger partial charge in [0.1, 0.15) is 0 Å². The highest BCUT2D eigenvalue weighted by atomic mass is 32.2. The molecular formula is C19H24N2O3S. The molecule has 0 fully saturated rings. The molecule has 1 amide bonds. The summed E-state index contributed by atoms with van der Waals surface area (Å²) in [5.41, 5.74) is 2.59. The van der Waals surface area contributed by atoms with E-state index in [1.54, 1.807) is 24.3 Å². The van der Waals surface area contributed by atoms with Gasteiger partial charge in [-0.2, -0.15) is 0 Å². The second-order valence-corrected chi connectivity index (χ2v) is 8.13. The van der Waals surface area contributed by atoms with Crippen LogP contribution in [0.4, 0.5) is 5.69 Å². The number of hydrogen-bond acceptors (Lipinski definition) is 3.